The number of nitrogens with zero attached hydrogens (tertiary/aromatic N) is 3. The van der Waals surface area contributed by atoms with E-state index in [1.807, 2.05) is 43.5 Å². The number of carbonyl (C=O) groups is 2. The zero-order valence-electron chi connectivity index (χ0n) is 14.8. The van der Waals surface area contributed by atoms with Gasteiger partial charge in [0.2, 0.25) is 5.91 Å². The van der Waals surface area contributed by atoms with Crippen molar-refractivity contribution >= 4 is 34.9 Å². The second-order valence-corrected chi connectivity index (χ2v) is 7.23. The highest BCUT2D eigenvalue weighted by Crippen LogP contribution is 2.27. The van der Waals surface area contributed by atoms with Crippen molar-refractivity contribution in [2.24, 2.45) is 0 Å². The molecule has 25 heavy (non-hydrogen) atoms. The van der Waals surface area contributed by atoms with Crippen LogP contribution < -0.4 is 0 Å². The zero-order chi connectivity index (χ0) is 18.2. The number of rotatable bonds is 8. The van der Waals surface area contributed by atoms with Gasteiger partial charge in [-0.05, 0) is 26.0 Å². The van der Waals surface area contributed by atoms with Gasteiger partial charge in [-0.1, -0.05) is 12.1 Å². The predicted octanol–water partition coefficient (Wildman–Crippen LogP) is 3.38. The first kappa shape index (κ1) is 19.5. The number of thiazole rings is 1. The van der Waals surface area contributed by atoms with Crippen molar-refractivity contribution in [1.82, 2.24) is 14.8 Å². The topological polar surface area (TPSA) is 53.5 Å². The minimum absolute atomic E-state index is 0.0338. The summed E-state index contributed by atoms with van der Waals surface area (Å²) in [6, 6.07) is 7.51. The van der Waals surface area contributed by atoms with Gasteiger partial charge in [-0.15, -0.1) is 23.1 Å². The van der Waals surface area contributed by atoms with Gasteiger partial charge >= 0.3 is 0 Å². The van der Waals surface area contributed by atoms with Gasteiger partial charge in [-0.2, -0.15) is 0 Å². The number of hydrogen-bond donors (Lipinski definition) is 0. The summed E-state index contributed by atoms with van der Waals surface area (Å²) in [6.45, 7) is 5.27. The van der Waals surface area contributed by atoms with Gasteiger partial charge in [0.05, 0.1) is 23.3 Å². The van der Waals surface area contributed by atoms with Crippen LogP contribution in [0.25, 0.3) is 0 Å². The van der Waals surface area contributed by atoms with Crippen LogP contribution in [0.5, 0.6) is 0 Å². The van der Waals surface area contributed by atoms with Gasteiger partial charge < -0.3 is 9.80 Å². The highest BCUT2D eigenvalue weighted by atomic mass is 32.2. The van der Waals surface area contributed by atoms with Crippen molar-refractivity contribution in [3.8, 4) is 0 Å². The minimum Gasteiger partial charge on any atom is -0.342 e. The van der Waals surface area contributed by atoms with Crippen LogP contribution in [0.15, 0.2) is 40.1 Å². The molecular formula is C18H23N3O2S2. The van der Waals surface area contributed by atoms with E-state index in [1.165, 1.54) is 4.90 Å². The Labute approximate surface area is 157 Å². The number of amides is 2. The molecule has 1 aromatic heterocycles. The number of hydrogen-bond acceptors (Lipinski definition) is 5. The Hall–Kier alpha value is -1.86. The average Bonchev–Trinajstić information content (AvgIpc) is 3.14. The Bertz CT molecular complexity index is 700. The van der Waals surface area contributed by atoms with Crippen molar-refractivity contribution < 1.29 is 9.59 Å². The van der Waals surface area contributed by atoms with E-state index >= 15 is 0 Å². The van der Waals surface area contributed by atoms with Gasteiger partial charge in [0.15, 0.2) is 0 Å². The molecule has 0 spiro atoms. The Balaban J connectivity index is 2.06. The number of benzene rings is 1. The Morgan fingerprint density at radius 1 is 1.20 bits per heavy atom. The molecule has 134 valence electrons. The normalized spacial score (nSPS) is 10.5. The van der Waals surface area contributed by atoms with Crippen LogP contribution >= 0.6 is 23.1 Å². The van der Waals surface area contributed by atoms with Gasteiger partial charge in [-0.3, -0.25) is 9.59 Å². The number of carbonyl (C=O) groups excluding carboxylic acids is 2. The molecule has 0 aliphatic rings. The maximum absolute atomic E-state index is 12.8. The van der Waals surface area contributed by atoms with Crippen LogP contribution in [0.2, 0.25) is 0 Å². The van der Waals surface area contributed by atoms with Crippen molar-refractivity contribution in [3.63, 3.8) is 0 Å². The highest BCUT2D eigenvalue weighted by Gasteiger charge is 2.20. The first-order chi connectivity index (χ1) is 12.1. The summed E-state index contributed by atoms with van der Waals surface area (Å²) in [5, 5.41) is 2.01. The molecular weight excluding hydrogens is 354 g/mol. The fraction of sp³-hybridized carbons (Fsp3) is 0.389. The van der Waals surface area contributed by atoms with Crippen molar-refractivity contribution in [1.29, 1.82) is 0 Å². The minimum atomic E-state index is -0.137. The molecule has 7 heteroatoms. The van der Waals surface area contributed by atoms with E-state index in [0.29, 0.717) is 18.7 Å². The molecule has 2 amide bonds. The van der Waals surface area contributed by atoms with Crippen LogP contribution in [-0.2, 0) is 10.5 Å². The number of aromatic nitrogens is 1. The van der Waals surface area contributed by atoms with Gasteiger partial charge in [0.1, 0.15) is 0 Å². The SMILES string of the molecule is CCN(CC)C(=O)CN(C)C(=O)c1ccccc1SCc1cscn1. The van der Waals surface area contributed by atoms with Crippen LogP contribution in [0.4, 0.5) is 0 Å². The lowest BCUT2D eigenvalue weighted by atomic mass is 10.2. The fourth-order valence-corrected chi connectivity index (χ4v) is 4.00. The molecule has 2 rings (SSSR count). The summed E-state index contributed by atoms with van der Waals surface area (Å²) in [4.78, 5) is 33.4. The quantitative estimate of drug-likeness (QED) is 0.662. The van der Waals surface area contributed by atoms with E-state index in [9.17, 15) is 9.59 Å². The van der Waals surface area contributed by atoms with Gasteiger partial charge in [0, 0.05) is 36.2 Å². The maximum atomic E-state index is 12.8. The summed E-state index contributed by atoms with van der Waals surface area (Å²) >= 11 is 3.15. The van der Waals surface area contributed by atoms with Gasteiger partial charge in [-0.25, -0.2) is 4.98 Å². The third-order valence-corrected chi connectivity index (χ3v) is 5.55. The summed E-state index contributed by atoms with van der Waals surface area (Å²) in [5.74, 6) is 0.547. The van der Waals surface area contributed by atoms with Gasteiger partial charge in [0.25, 0.3) is 5.91 Å². The lowest BCUT2D eigenvalue weighted by Gasteiger charge is -2.23. The monoisotopic (exact) mass is 377 g/mol. The molecule has 0 fully saturated rings. The Morgan fingerprint density at radius 2 is 1.92 bits per heavy atom. The lowest BCUT2D eigenvalue weighted by molar-refractivity contribution is -0.131. The molecule has 1 aromatic carbocycles. The van der Waals surface area contributed by atoms with Crippen LogP contribution in [0, 0.1) is 0 Å². The highest BCUT2D eigenvalue weighted by molar-refractivity contribution is 7.98. The second kappa shape index (κ2) is 9.58. The van der Waals surface area contributed by atoms with Crippen LogP contribution in [0.3, 0.4) is 0 Å². The van der Waals surface area contributed by atoms with E-state index in [0.717, 1.165) is 16.3 Å². The largest absolute Gasteiger partial charge is 0.342 e. The average molecular weight is 378 g/mol. The van der Waals surface area contributed by atoms with Crippen molar-refractivity contribution in [3.05, 3.63) is 46.4 Å². The van der Waals surface area contributed by atoms with E-state index in [-0.39, 0.29) is 18.4 Å². The number of likely N-dealkylation sites (N-methyl/N-ethyl adjacent to an activating group) is 2. The summed E-state index contributed by atoms with van der Waals surface area (Å²) < 4.78 is 0. The van der Waals surface area contributed by atoms with E-state index in [2.05, 4.69) is 4.98 Å². The number of thioether (sulfide) groups is 1. The van der Waals surface area contributed by atoms with E-state index in [4.69, 9.17) is 0 Å². The molecule has 0 aliphatic carbocycles. The smallest absolute Gasteiger partial charge is 0.255 e. The molecule has 1 heterocycles. The first-order valence-electron chi connectivity index (χ1n) is 8.18. The molecule has 0 aliphatic heterocycles. The zero-order valence-corrected chi connectivity index (χ0v) is 16.4. The van der Waals surface area contributed by atoms with Crippen molar-refractivity contribution in [2.45, 2.75) is 24.5 Å². The molecule has 0 bridgehead atoms. The maximum Gasteiger partial charge on any atom is 0.255 e. The standard InChI is InChI=1S/C18H23N3O2S2/c1-4-21(5-2)17(22)10-20(3)18(23)15-8-6-7-9-16(15)25-12-14-11-24-13-19-14/h6-9,11,13H,4-5,10,12H2,1-3H3. The molecule has 0 N–H and O–H groups in total. The molecule has 0 radical (unpaired) electrons. The third kappa shape index (κ3) is 5.31. The molecule has 2 aromatic rings. The molecule has 5 nitrogen and oxygen atoms in total. The summed E-state index contributed by atoms with van der Waals surface area (Å²) in [5.41, 5.74) is 3.43. The Kier molecular flexibility index (Phi) is 7.46. The first-order valence-corrected chi connectivity index (χ1v) is 10.1. The summed E-state index contributed by atoms with van der Waals surface area (Å²) in [7, 11) is 1.67. The molecule has 0 saturated carbocycles. The second-order valence-electron chi connectivity index (χ2n) is 5.49. The third-order valence-electron chi connectivity index (χ3n) is 3.81. The fourth-order valence-electron chi connectivity index (χ4n) is 2.39. The molecule has 0 atom stereocenters. The molecule has 0 unspecified atom stereocenters. The van der Waals surface area contributed by atoms with Crippen molar-refractivity contribution in [2.75, 3.05) is 26.7 Å². The van der Waals surface area contributed by atoms with E-state index in [1.54, 1.807) is 40.6 Å². The predicted molar refractivity (Wildman–Crippen MR) is 103 cm³/mol. The Morgan fingerprint density at radius 3 is 2.56 bits per heavy atom. The van der Waals surface area contributed by atoms with Crippen LogP contribution in [-0.4, -0.2) is 53.3 Å². The lowest BCUT2D eigenvalue weighted by Crippen LogP contribution is -2.41. The van der Waals surface area contributed by atoms with E-state index < -0.39 is 0 Å². The molecule has 0 saturated heterocycles. The van der Waals surface area contributed by atoms with Crippen LogP contribution in [0.1, 0.15) is 29.9 Å². The summed E-state index contributed by atoms with van der Waals surface area (Å²) in [6.07, 6.45) is 0.